The van der Waals surface area contributed by atoms with E-state index in [0.29, 0.717) is 13.0 Å². The molecule has 3 heteroatoms. The van der Waals surface area contributed by atoms with Gasteiger partial charge in [0.1, 0.15) is 11.3 Å². The standard InChI is InChI=1S/C14H17NO2/c1-3-12(16)10-7-8-13(17-4-2)14-11(10)6-5-9-15-14/h5-9,12,16H,3-4H2,1-2H3. The molecule has 1 atom stereocenters. The molecule has 3 nitrogen and oxygen atoms in total. The number of benzene rings is 1. The minimum Gasteiger partial charge on any atom is -0.492 e. The molecule has 1 N–H and O–H groups in total. The van der Waals surface area contributed by atoms with Gasteiger partial charge in [0.25, 0.3) is 0 Å². The van der Waals surface area contributed by atoms with Gasteiger partial charge in [0.2, 0.25) is 0 Å². The first-order valence-corrected chi connectivity index (χ1v) is 5.96. The molecule has 0 fully saturated rings. The third kappa shape index (κ3) is 2.24. The van der Waals surface area contributed by atoms with Gasteiger partial charge in [-0.05, 0) is 31.0 Å². The van der Waals surface area contributed by atoms with Crippen LogP contribution in [0.4, 0.5) is 0 Å². The predicted octanol–water partition coefficient (Wildman–Crippen LogP) is 3.08. The highest BCUT2D eigenvalue weighted by atomic mass is 16.5. The molecular formula is C14H17NO2. The molecule has 1 unspecified atom stereocenters. The van der Waals surface area contributed by atoms with Crippen LogP contribution in [0.2, 0.25) is 0 Å². The van der Waals surface area contributed by atoms with Crippen molar-refractivity contribution in [2.75, 3.05) is 6.61 Å². The Labute approximate surface area is 101 Å². The summed E-state index contributed by atoms with van der Waals surface area (Å²) in [6, 6.07) is 7.65. The Bertz CT molecular complexity index is 511. The minimum atomic E-state index is -0.447. The van der Waals surface area contributed by atoms with Crippen molar-refractivity contribution in [3.05, 3.63) is 36.0 Å². The Morgan fingerprint density at radius 1 is 1.29 bits per heavy atom. The van der Waals surface area contributed by atoms with Crippen LogP contribution >= 0.6 is 0 Å². The van der Waals surface area contributed by atoms with Crippen molar-refractivity contribution in [3.63, 3.8) is 0 Å². The van der Waals surface area contributed by atoms with E-state index in [-0.39, 0.29) is 0 Å². The zero-order valence-corrected chi connectivity index (χ0v) is 10.2. The maximum atomic E-state index is 9.98. The van der Waals surface area contributed by atoms with Crippen molar-refractivity contribution in [1.82, 2.24) is 4.98 Å². The lowest BCUT2D eigenvalue weighted by molar-refractivity contribution is 0.175. The van der Waals surface area contributed by atoms with Gasteiger partial charge in [0, 0.05) is 11.6 Å². The molecule has 90 valence electrons. The summed E-state index contributed by atoms with van der Waals surface area (Å²) >= 11 is 0. The number of hydrogen-bond donors (Lipinski definition) is 1. The van der Waals surface area contributed by atoms with Crippen LogP contribution in [0.25, 0.3) is 10.9 Å². The van der Waals surface area contributed by atoms with E-state index >= 15 is 0 Å². The molecule has 2 aromatic rings. The van der Waals surface area contributed by atoms with Crippen molar-refractivity contribution in [1.29, 1.82) is 0 Å². The van der Waals surface area contributed by atoms with E-state index in [9.17, 15) is 5.11 Å². The molecule has 0 amide bonds. The van der Waals surface area contributed by atoms with E-state index in [4.69, 9.17) is 4.74 Å². The molecule has 0 aliphatic rings. The fourth-order valence-electron chi connectivity index (χ4n) is 1.95. The summed E-state index contributed by atoms with van der Waals surface area (Å²) in [6.07, 6.45) is 1.99. The highest BCUT2D eigenvalue weighted by Crippen LogP contribution is 2.31. The first kappa shape index (κ1) is 11.9. The van der Waals surface area contributed by atoms with Crippen LogP contribution in [0.1, 0.15) is 31.9 Å². The number of fused-ring (bicyclic) bond motifs is 1. The van der Waals surface area contributed by atoms with Crippen LogP contribution in [0.15, 0.2) is 30.5 Å². The largest absolute Gasteiger partial charge is 0.492 e. The Morgan fingerprint density at radius 2 is 2.12 bits per heavy atom. The predicted molar refractivity (Wildman–Crippen MR) is 68.2 cm³/mol. The first-order chi connectivity index (χ1) is 8.27. The summed E-state index contributed by atoms with van der Waals surface area (Å²) in [5.74, 6) is 0.773. The third-order valence-electron chi connectivity index (χ3n) is 2.81. The highest BCUT2D eigenvalue weighted by molar-refractivity contribution is 5.87. The lowest BCUT2D eigenvalue weighted by Crippen LogP contribution is -1.99. The van der Waals surface area contributed by atoms with Gasteiger partial charge in [-0.15, -0.1) is 0 Å². The van der Waals surface area contributed by atoms with Crippen LogP contribution in [-0.4, -0.2) is 16.7 Å². The van der Waals surface area contributed by atoms with Gasteiger partial charge >= 0.3 is 0 Å². The number of rotatable bonds is 4. The van der Waals surface area contributed by atoms with Crippen molar-refractivity contribution >= 4 is 10.9 Å². The number of ether oxygens (including phenoxy) is 1. The normalized spacial score (nSPS) is 12.6. The van der Waals surface area contributed by atoms with E-state index < -0.39 is 6.10 Å². The lowest BCUT2D eigenvalue weighted by Gasteiger charge is -2.14. The van der Waals surface area contributed by atoms with E-state index in [1.807, 2.05) is 38.1 Å². The van der Waals surface area contributed by atoms with E-state index in [1.54, 1.807) is 6.20 Å². The van der Waals surface area contributed by atoms with Gasteiger partial charge < -0.3 is 9.84 Å². The zero-order chi connectivity index (χ0) is 12.3. The van der Waals surface area contributed by atoms with Gasteiger partial charge in [0.15, 0.2) is 0 Å². The monoisotopic (exact) mass is 231 g/mol. The summed E-state index contributed by atoms with van der Waals surface area (Å²) < 4.78 is 5.54. The van der Waals surface area contributed by atoms with Crippen molar-refractivity contribution < 1.29 is 9.84 Å². The number of nitrogens with zero attached hydrogens (tertiary/aromatic N) is 1. The van der Waals surface area contributed by atoms with E-state index in [2.05, 4.69) is 4.98 Å². The molecular weight excluding hydrogens is 214 g/mol. The average molecular weight is 231 g/mol. The second-order valence-electron chi connectivity index (χ2n) is 3.91. The fourth-order valence-corrected chi connectivity index (χ4v) is 1.95. The SMILES string of the molecule is CCOc1ccc(C(O)CC)c2cccnc12. The van der Waals surface area contributed by atoms with Crippen molar-refractivity contribution in [3.8, 4) is 5.75 Å². The molecule has 0 bridgehead atoms. The van der Waals surface area contributed by atoms with Crippen molar-refractivity contribution in [2.24, 2.45) is 0 Å². The lowest BCUT2D eigenvalue weighted by atomic mass is 10.0. The highest BCUT2D eigenvalue weighted by Gasteiger charge is 2.12. The Kier molecular flexibility index (Phi) is 3.59. The maximum Gasteiger partial charge on any atom is 0.145 e. The fraction of sp³-hybridized carbons (Fsp3) is 0.357. The maximum absolute atomic E-state index is 9.98. The summed E-state index contributed by atoms with van der Waals surface area (Å²) in [5.41, 5.74) is 1.73. The summed E-state index contributed by atoms with van der Waals surface area (Å²) in [7, 11) is 0. The number of aliphatic hydroxyl groups is 1. The van der Waals surface area contributed by atoms with Crippen LogP contribution < -0.4 is 4.74 Å². The molecule has 0 aliphatic carbocycles. The van der Waals surface area contributed by atoms with E-state index in [0.717, 1.165) is 22.2 Å². The van der Waals surface area contributed by atoms with Crippen LogP contribution in [-0.2, 0) is 0 Å². The molecule has 0 saturated heterocycles. The van der Waals surface area contributed by atoms with Crippen molar-refractivity contribution in [2.45, 2.75) is 26.4 Å². The molecule has 0 radical (unpaired) electrons. The summed E-state index contributed by atoms with van der Waals surface area (Å²) in [6.45, 7) is 4.52. The Morgan fingerprint density at radius 3 is 2.82 bits per heavy atom. The molecule has 0 aliphatic heterocycles. The first-order valence-electron chi connectivity index (χ1n) is 5.96. The summed E-state index contributed by atoms with van der Waals surface area (Å²) in [5, 5.41) is 10.9. The second-order valence-corrected chi connectivity index (χ2v) is 3.91. The summed E-state index contributed by atoms with van der Waals surface area (Å²) in [4.78, 5) is 4.34. The minimum absolute atomic E-state index is 0.447. The average Bonchev–Trinajstić information content (AvgIpc) is 2.38. The van der Waals surface area contributed by atoms with Crippen LogP contribution in [0.5, 0.6) is 5.75 Å². The van der Waals surface area contributed by atoms with Gasteiger partial charge in [-0.25, -0.2) is 0 Å². The molecule has 1 aromatic carbocycles. The molecule has 0 saturated carbocycles. The zero-order valence-electron chi connectivity index (χ0n) is 10.2. The molecule has 17 heavy (non-hydrogen) atoms. The number of hydrogen-bond acceptors (Lipinski definition) is 3. The van der Waals surface area contributed by atoms with E-state index in [1.165, 1.54) is 0 Å². The number of aromatic nitrogens is 1. The molecule has 0 spiro atoms. The van der Waals surface area contributed by atoms with Gasteiger partial charge in [-0.1, -0.05) is 19.1 Å². The smallest absolute Gasteiger partial charge is 0.145 e. The number of aliphatic hydroxyl groups excluding tert-OH is 1. The molecule has 1 aromatic heterocycles. The molecule has 1 heterocycles. The second kappa shape index (κ2) is 5.15. The molecule has 2 rings (SSSR count). The Balaban J connectivity index is 2.62. The van der Waals surface area contributed by atoms with Gasteiger partial charge in [-0.3, -0.25) is 4.98 Å². The third-order valence-corrected chi connectivity index (χ3v) is 2.81. The van der Waals surface area contributed by atoms with Crippen LogP contribution in [0.3, 0.4) is 0 Å². The number of pyridine rings is 1. The van der Waals surface area contributed by atoms with Gasteiger partial charge in [-0.2, -0.15) is 0 Å². The van der Waals surface area contributed by atoms with Crippen LogP contribution in [0, 0.1) is 0 Å². The Hall–Kier alpha value is -1.61. The topological polar surface area (TPSA) is 42.4 Å². The van der Waals surface area contributed by atoms with Gasteiger partial charge in [0.05, 0.1) is 12.7 Å². The quantitative estimate of drug-likeness (QED) is 0.879.